The first-order chi connectivity index (χ1) is 27.7. The Balaban J connectivity index is 1.23. The molecule has 0 atom stereocenters. The van der Waals surface area contributed by atoms with Crippen LogP contribution in [0.3, 0.4) is 0 Å². The summed E-state index contributed by atoms with van der Waals surface area (Å²) in [6, 6.07) is 58.8. The summed E-state index contributed by atoms with van der Waals surface area (Å²) in [5, 5.41) is 19.3. The first kappa shape index (κ1) is 30.4. The van der Waals surface area contributed by atoms with Crippen LogP contribution in [-0.4, -0.2) is 13.7 Å². The van der Waals surface area contributed by atoms with Gasteiger partial charge in [-0.15, -0.1) is 0 Å². The van der Waals surface area contributed by atoms with Crippen molar-refractivity contribution in [2.45, 2.75) is 0 Å². The van der Waals surface area contributed by atoms with E-state index in [2.05, 4.69) is 140 Å². The summed E-state index contributed by atoms with van der Waals surface area (Å²) in [6.45, 7) is 8.10. The number of hydrogen-bond donors (Lipinski definition) is 0. The van der Waals surface area contributed by atoms with E-state index in [1.54, 1.807) is 6.07 Å². The van der Waals surface area contributed by atoms with Crippen molar-refractivity contribution in [2.75, 3.05) is 0 Å². The average Bonchev–Trinajstić information content (AvgIpc) is 3.99. The molecule has 4 heterocycles. The summed E-state index contributed by atoms with van der Waals surface area (Å²) < 4.78 is 13.9. The van der Waals surface area contributed by atoms with Crippen LogP contribution in [0, 0.1) is 17.9 Å². The Bertz CT molecular complexity index is 3680. The molecule has 0 spiro atoms. The van der Waals surface area contributed by atoms with Crippen LogP contribution < -0.4 is 0 Å². The number of fused-ring (bicyclic) bond motifs is 14. The molecule has 0 aliphatic heterocycles. The summed E-state index contributed by atoms with van der Waals surface area (Å²) in [5.41, 5.74) is 11.1. The maximum atomic E-state index is 10.8. The fraction of sp³-hybridized carbons (Fsp3) is 0. The predicted molar refractivity (Wildman–Crippen MR) is 228 cm³/mol. The van der Waals surface area contributed by atoms with Crippen LogP contribution in [0.2, 0.25) is 0 Å². The number of hydrogen-bond acceptors (Lipinski definition) is 2. The smallest absolute Gasteiger partial charge is 0.190 e. The molecular weight excluding hydrogens is 687 g/mol. The first-order valence-electron chi connectivity index (χ1n) is 18.5. The molecule has 258 valence electrons. The molecule has 0 radical (unpaired) electrons. The van der Waals surface area contributed by atoms with E-state index in [1.807, 2.05) is 42.5 Å². The lowest BCUT2D eigenvalue weighted by Gasteiger charge is -2.19. The number of aromatic nitrogens is 3. The third kappa shape index (κ3) is 3.92. The van der Waals surface area contributed by atoms with E-state index >= 15 is 0 Å². The molecule has 0 unspecified atom stereocenters. The van der Waals surface area contributed by atoms with Gasteiger partial charge in [0, 0.05) is 38.0 Å². The Morgan fingerprint density at radius 1 is 0.464 bits per heavy atom. The second kappa shape index (κ2) is 11.2. The quantitative estimate of drug-likeness (QED) is 0.171. The van der Waals surface area contributed by atoms with Gasteiger partial charge in [0.1, 0.15) is 17.2 Å². The zero-order chi connectivity index (χ0) is 37.1. The van der Waals surface area contributed by atoms with Crippen molar-refractivity contribution in [1.29, 1.82) is 5.26 Å². The minimum atomic E-state index is 0.397. The fourth-order valence-corrected chi connectivity index (χ4v) is 9.23. The van der Waals surface area contributed by atoms with Crippen molar-refractivity contribution in [3.05, 3.63) is 181 Å². The van der Waals surface area contributed by atoms with Gasteiger partial charge in [-0.25, -0.2) is 4.85 Å². The van der Waals surface area contributed by atoms with Gasteiger partial charge in [-0.2, -0.15) is 5.26 Å². The Hall–Kier alpha value is -8.06. The molecule has 6 nitrogen and oxygen atoms in total. The molecule has 0 aliphatic carbocycles. The largest absolute Gasteiger partial charge is 0.455 e. The molecular formula is C50H27N5O. The second-order valence-corrected chi connectivity index (χ2v) is 14.3. The maximum absolute atomic E-state index is 10.8. The molecule has 0 saturated heterocycles. The second-order valence-electron chi connectivity index (χ2n) is 14.3. The highest BCUT2D eigenvalue weighted by Gasteiger charge is 2.26. The van der Waals surface area contributed by atoms with Crippen molar-refractivity contribution in [3.63, 3.8) is 0 Å². The molecule has 0 saturated carbocycles. The van der Waals surface area contributed by atoms with Gasteiger partial charge in [0.2, 0.25) is 0 Å². The Labute approximate surface area is 319 Å². The normalized spacial score (nSPS) is 11.9. The summed E-state index contributed by atoms with van der Waals surface area (Å²) >= 11 is 0. The van der Waals surface area contributed by atoms with E-state index in [-0.39, 0.29) is 0 Å². The number of nitrogens with zero attached hydrogens (tertiary/aromatic N) is 5. The summed E-state index contributed by atoms with van der Waals surface area (Å²) in [4.78, 5) is 3.87. The van der Waals surface area contributed by atoms with Crippen molar-refractivity contribution in [2.24, 2.45) is 0 Å². The highest BCUT2D eigenvalue weighted by molar-refractivity contribution is 6.29. The number of para-hydroxylation sites is 5. The third-order valence-electron chi connectivity index (χ3n) is 11.5. The van der Waals surface area contributed by atoms with E-state index in [9.17, 15) is 5.26 Å². The Morgan fingerprint density at radius 2 is 0.946 bits per heavy atom. The lowest BCUT2D eigenvalue weighted by atomic mass is 10.1. The van der Waals surface area contributed by atoms with Crippen LogP contribution >= 0.6 is 0 Å². The topological polar surface area (TPSA) is 56.1 Å². The van der Waals surface area contributed by atoms with Crippen LogP contribution in [0.15, 0.2) is 168 Å². The monoisotopic (exact) mass is 713 g/mol. The minimum Gasteiger partial charge on any atom is -0.455 e. The highest BCUT2D eigenvalue weighted by atomic mass is 16.3. The van der Waals surface area contributed by atoms with Gasteiger partial charge in [0.25, 0.3) is 0 Å². The van der Waals surface area contributed by atoms with Gasteiger partial charge in [-0.1, -0.05) is 91.0 Å². The fourth-order valence-electron chi connectivity index (χ4n) is 9.23. The van der Waals surface area contributed by atoms with Crippen LogP contribution in [0.1, 0.15) is 5.56 Å². The van der Waals surface area contributed by atoms with E-state index in [0.29, 0.717) is 11.3 Å². The zero-order valence-corrected chi connectivity index (χ0v) is 29.7. The Kier molecular flexibility index (Phi) is 6.10. The lowest BCUT2D eigenvalue weighted by Crippen LogP contribution is -2.06. The molecule has 4 aromatic heterocycles. The van der Waals surface area contributed by atoms with Crippen LogP contribution in [0.4, 0.5) is 5.69 Å². The van der Waals surface area contributed by atoms with Gasteiger partial charge < -0.3 is 18.1 Å². The highest BCUT2D eigenvalue weighted by Crippen LogP contribution is 2.46. The molecule has 0 amide bonds. The standard InChI is InChI=1S/C50H27N5O/c1-52-31-27-30(29-51)48(55-39-19-9-5-15-33(39)34-16-6-10-20-40(34)55)45(28-31)54-42-22-12-8-18-38(42)47-44(54)26-24-36-35-23-25-43-46(49(35)56-50(36)47)37-17-7-11-21-41(37)53(43)32-13-3-2-4-14-32/h2-28H. The molecule has 12 rings (SSSR count). The van der Waals surface area contributed by atoms with Crippen LogP contribution in [-0.2, 0) is 0 Å². The van der Waals surface area contributed by atoms with Crippen LogP contribution in [0.5, 0.6) is 0 Å². The molecule has 8 aromatic carbocycles. The third-order valence-corrected chi connectivity index (χ3v) is 11.5. The zero-order valence-electron chi connectivity index (χ0n) is 29.7. The van der Waals surface area contributed by atoms with E-state index in [1.165, 1.54) is 0 Å². The van der Waals surface area contributed by atoms with Crippen molar-refractivity contribution in [1.82, 2.24) is 13.7 Å². The Morgan fingerprint density at radius 3 is 1.50 bits per heavy atom. The first-order valence-corrected chi connectivity index (χ1v) is 18.5. The summed E-state index contributed by atoms with van der Waals surface area (Å²) in [7, 11) is 0. The molecule has 6 heteroatoms. The number of benzene rings is 8. The van der Waals surface area contributed by atoms with E-state index in [4.69, 9.17) is 11.0 Å². The minimum absolute atomic E-state index is 0.397. The van der Waals surface area contributed by atoms with Gasteiger partial charge in [-0.05, 0) is 72.8 Å². The van der Waals surface area contributed by atoms with E-state index < -0.39 is 0 Å². The molecule has 56 heavy (non-hydrogen) atoms. The molecule has 0 aliphatic rings. The molecule has 12 aromatic rings. The summed E-state index contributed by atoms with van der Waals surface area (Å²) in [5.74, 6) is 0. The lowest BCUT2D eigenvalue weighted by molar-refractivity contribution is 0.677. The van der Waals surface area contributed by atoms with Gasteiger partial charge in [-0.3, -0.25) is 0 Å². The molecule has 0 bridgehead atoms. The maximum Gasteiger partial charge on any atom is 0.190 e. The number of nitriles is 1. The van der Waals surface area contributed by atoms with Gasteiger partial charge >= 0.3 is 0 Å². The number of rotatable bonds is 3. The SMILES string of the molecule is [C-]#[N+]c1cc(C#N)c(-n2c3ccccc3c3ccccc32)c(-n2c3ccccc3c3c4oc5c(ccc6c5c5ccccc5n6-c5ccccc5)c4ccc32)c1. The van der Waals surface area contributed by atoms with Crippen molar-refractivity contribution < 1.29 is 4.42 Å². The van der Waals surface area contributed by atoms with E-state index in [0.717, 1.165) is 104 Å². The molecule has 0 fully saturated rings. The predicted octanol–water partition coefficient (Wildman–Crippen LogP) is 13.3. The number of furan rings is 1. The molecule has 0 N–H and O–H groups in total. The van der Waals surface area contributed by atoms with Gasteiger partial charge in [0.15, 0.2) is 5.69 Å². The van der Waals surface area contributed by atoms with Crippen molar-refractivity contribution in [3.8, 4) is 23.1 Å². The summed E-state index contributed by atoms with van der Waals surface area (Å²) in [6.07, 6.45) is 0. The van der Waals surface area contributed by atoms with Crippen LogP contribution in [0.25, 0.3) is 109 Å². The average molecular weight is 714 g/mol. The van der Waals surface area contributed by atoms with Crippen molar-refractivity contribution >= 4 is 93.0 Å². The van der Waals surface area contributed by atoms with Gasteiger partial charge in [0.05, 0.1) is 67.4 Å².